The largest absolute Gasteiger partial charge is 0.392 e. The normalized spacial score (nSPS) is 19.9. The van der Waals surface area contributed by atoms with Crippen molar-refractivity contribution in [2.45, 2.75) is 24.4 Å². The van der Waals surface area contributed by atoms with Crippen molar-refractivity contribution in [1.82, 2.24) is 0 Å². The van der Waals surface area contributed by atoms with Crippen LogP contribution in [0, 0.1) is 0 Å². The predicted octanol–water partition coefficient (Wildman–Crippen LogP) is 3.19. The summed E-state index contributed by atoms with van der Waals surface area (Å²) in [5.74, 6) is 0.185. The molecule has 104 valence electrons. The third kappa shape index (κ3) is 2.41. The summed E-state index contributed by atoms with van der Waals surface area (Å²) in [4.78, 5) is 0. The Bertz CT molecular complexity index is 613. The summed E-state index contributed by atoms with van der Waals surface area (Å²) in [5, 5.41) is 10.7. The van der Waals surface area contributed by atoms with Gasteiger partial charge in [-0.05, 0) is 35.2 Å². The number of benzene rings is 2. The van der Waals surface area contributed by atoms with Gasteiger partial charge in [-0.15, -0.1) is 0 Å². The lowest BCUT2D eigenvalue weighted by molar-refractivity contribution is 0.106. The highest BCUT2D eigenvalue weighted by atomic mass is 79.9. The second-order valence-corrected chi connectivity index (χ2v) is 6.31. The smallest absolute Gasteiger partial charge is 0.0692 e. The van der Waals surface area contributed by atoms with E-state index in [1.54, 1.807) is 0 Å². The summed E-state index contributed by atoms with van der Waals surface area (Å²) < 4.78 is 1.02. The van der Waals surface area contributed by atoms with E-state index in [2.05, 4.69) is 34.1 Å². The Kier molecular flexibility index (Phi) is 3.92. The van der Waals surface area contributed by atoms with Gasteiger partial charge in [-0.3, -0.25) is 0 Å². The summed E-state index contributed by atoms with van der Waals surface area (Å²) >= 11 is 3.48. The minimum Gasteiger partial charge on any atom is -0.392 e. The van der Waals surface area contributed by atoms with Crippen molar-refractivity contribution in [2.24, 2.45) is 5.73 Å². The average Bonchev–Trinajstić information content (AvgIpc) is 2.41. The molecule has 0 spiro atoms. The highest BCUT2D eigenvalue weighted by Crippen LogP contribution is 2.41. The molecule has 3 N–H and O–H groups in total. The third-order valence-electron chi connectivity index (χ3n) is 4.25. The Morgan fingerprint density at radius 2 is 2.00 bits per heavy atom. The molecule has 0 amide bonds. The molecule has 0 aromatic heterocycles. The van der Waals surface area contributed by atoms with Gasteiger partial charge in [0.2, 0.25) is 0 Å². The fraction of sp³-hybridized carbons (Fsp3) is 0.294. The molecule has 0 bridgehead atoms. The number of aliphatic hydroxyl groups excluding tert-OH is 1. The Morgan fingerprint density at radius 1 is 1.20 bits per heavy atom. The van der Waals surface area contributed by atoms with Gasteiger partial charge < -0.3 is 10.8 Å². The molecule has 20 heavy (non-hydrogen) atoms. The van der Waals surface area contributed by atoms with E-state index in [0.29, 0.717) is 6.54 Å². The molecule has 0 aliphatic heterocycles. The first-order chi connectivity index (χ1) is 9.70. The molecular formula is C17H18BrNO. The van der Waals surface area contributed by atoms with Crippen LogP contribution in [0.1, 0.15) is 28.5 Å². The fourth-order valence-corrected chi connectivity index (χ4v) is 3.51. The van der Waals surface area contributed by atoms with Crippen molar-refractivity contribution in [2.75, 3.05) is 6.54 Å². The molecule has 1 aliphatic carbocycles. The van der Waals surface area contributed by atoms with E-state index in [0.717, 1.165) is 16.5 Å². The Hall–Kier alpha value is -1.16. The number of aliphatic hydroxyl groups is 1. The first-order valence-electron chi connectivity index (χ1n) is 6.92. The zero-order valence-corrected chi connectivity index (χ0v) is 12.8. The maximum atomic E-state index is 10.7. The Labute approximate surface area is 127 Å². The van der Waals surface area contributed by atoms with E-state index < -0.39 is 6.10 Å². The Morgan fingerprint density at radius 3 is 2.70 bits per heavy atom. The summed E-state index contributed by atoms with van der Waals surface area (Å²) in [5.41, 5.74) is 9.63. The van der Waals surface area contributed by atoms with Gasteiger partial charge in [-0.1, -0.05) is 52.3 Å². The van der Waals surface area contributed by atoms with Crippen LogP contribution in [0.5, 0.6) is 0 Å². The van der Waals surface area contributed by atoms with Gasteiger partial charge in [0.1, 0.15) is 0 Å². The Balaban J connectivity index is 1.84. The van der Waals surface area contributed by atoms with Crippen molar-refractivity contribution < 1.29 is 5.11 Å². The molecule has 1 aliphatic rings. The van der Waals surface area contributed by atoms with Gasteiger partial charge in [0.15, 0.2) is 0 Å². The summed E-state index contributed by atoms with van der Waals surface area (Å²) in [7, 11) is 0. The van der Waals surface area contributed by atoms with Crippen LogP contribution in [-0.4, -0.2) is 17.8 Å². The van der Waals surface area contributed by atoms with Gasteiger partial charge in [0.25, 0.3) is 0 Å². The average molecular weight is 332 g/mol. The zero-order valence-electron chi connectivity index (χ0n) is 11.2. The summed E-state index contributed by atoms with van der Waals surface area (Å²) in [6, 6.07) is 16.4. The quantitative estimate of drug-likeness (QED) is 0.903. The van der Waals surface area contributed by atoms with E-state index in [4.69, 9.17) is 5.73 Å². The standard InChI is InChI=1S/C17H18BrNO/c18-13-6-3-5-11(8-13)16(10-19)17(20)15-9-12-4-1-2-7-14(12)15/h1-8,15-17,20H,9-10,19H2. The zero-order chi connectivity index (χ0) is 14.1. The molecule has 0 saturated carbocycles. The number of nitrogens with two attached hydrogens (primary N) is 1. The second kappa shape index (κ2) is 5.68. The van der Waals surface area contributed by atoms with Crippen LogP contribution in [0.4, 0.5) is 0 Å². The van der Waals surface area contributed by atoms with Crippen LogP contribution in [-0.2, 0) is 6.42 Å². The van der Waals surface area contributed by atoms with Crippen molar-refractivity contribution in [3.63, 3.8) is 0 Å². The second-order valence-electron chi connectivity index (χ2n) is 5.40. The number of halogens is 1. The molecule has 0 fully saturated rings. The van der Waals surface area contributed by atoms with Gasteiger partial charge in [0.05, 0.1) is 6.10 Å². The van der Waals surface area contributed by atoms with E-state index in [-0.39, 0.29) is 11.8 Å². The van der Waals surface area contributed by atoms with Gasteiger partial charge in [0, 0.05) is 22.9 Å². The van der Waals surface area contributed by atoms with Crippen LogP contribution < -0.4 is 5.73 Å². The maximum Gasteiger partial charge on any atom is 0.0692 e. The van der Waals surface area contributed by atoms with E-state index in [1.165, 1.54) is 11.1 Å². The predicted molar refractivity (Wildman–Crippen MR) is 84.8 cm³/mol. The van der Waals surface area contributed by atoms with Gasteiger partial charge in [-0.2, -0.15) is 0 Å². The number of hydrogen-bond acceptors (Lipinski definition) is 2. The van der Waals surface area contributed by atoms with Crippen LogP contribution in [0.15, 0.2) is 53.0 Å². The first kappa shape index (κ1) is 13.8. The lowest BCUT2D eigenvalue weighted by atomic mass is 9.70. The van der Waals surface area contributed by atoms with E-state index >= 15 is 0 Å². The van der Waals surface area contributed by atoms with Crippen molar-refractivity contribution in [3.8, 4) is 0 Å². The number of rotatable bonds is 4. The maximum absolute atomic E-state index is 10.7. The molecule has 3 unspecified atom stereocenters. The van der Waals surface area contributed by atoms with Crippen LogP contribution in [0.25, 0.3) is 0 Å². The lowest BCUT2D eigenvalue weighted by Gasteiger charge is -2.37. The van der Waals surface area contributed by atoms with Crippen LogP contribution in [0.2, 0.25) is 0 Å². The van der Waals surface area contributed by atoms with Crippen molar-refractivity contribution in [3.05, 3.63) is 69.7 Å². The highest BCUT2D eigenvalue weighted by molar-refractivity contribution is 9.10. The fourth-order valence-electron chi connectivity index (χ4n) is 3.09. The summed E-state index contributed by atoms with van der Waals surface area (Å²) in [6.07, 6.45) is 0.520. The highest BCUT2D eigenvalue weighted by Gasteiger charge is 2.36. The molecule has 3 rings (SSSR count). The molecule has 0 heterocycles. The minimum atomic E-state index is -0.427. The van der Waals surface area contributed by atoms with Crippen LogP contribution >= 0.6 is 15.9 Å². The van der Waals surface area contributed by atoms with Gasteiger partial charge >= 0.3 is 0 Å². The molecule has 0 radical (unpaired) electrons. The molecule has 2 aromatic carbocycles. The first-order valence-corrected chi connectivity index (χ1v) is 7.71. The minimum absolute atomic E-state index is 0.0224. The SMILES string of the molecule is NCC(c1cccc(Br)c1)C(O)C1Cc2ccccc21. The molecule has 2 nitrogen and oxygen atoms in total. The molecule has 3 atom stereocenters. The molecule has 0 saturated heterocycles. The lowest BCUT2D eigenvalue weighted by Crippen LogP contribution is -2.36. The number of hydrogen-bond donors (Lipinski definition) is 2. The van der Waals surface area contributed by atoms with Crippen molar-refractivity contribution in [1.29, 1.82) is 0 Å². The molecule has 2 aromatic rings. The molecule has 3 heteroatoms. The van der Waals surface area contributed by atoms with E-state index in [1.807, 2.05) is 30.3 Å². The topological polar surface area (TPSA) is 46.2 Å². The number of fused-ring (bicyclic) bond motifs is 1. The van der Waals surface area contributed by atoms with E-state index in [9.17, 15) is 5.11 Å². The van der Waals surface area contributed by atoms with Crippen molar-refractivity contribution >= 4 is 15.9 Å². The van der Waals surface area contributed by atoms with Gasteiger partial charge in [-0.25, -0.2) is 0 Å². The molecular weight excluding hydrogens is 314 g/mol. The summed E-state index contributed by atoms with van der Waals surface area (Å²) in [6.45, 7) is 0.455. The van der Waals surface area contributed by atoms with Crippen LogP contribution in [0.3, 0.4) is 0 Å². The monoisotopic (exact) mass is 331 g/mol. The third-order valence-corrected chi connectivity index (χ3v) is 4.74.